The van der Waals surface area contributed by atoms with Crippen LogP contribution in [-0.4, -0.2) is 17.7 Å². The van der Waals surface area contributed by atoms with Gasteiger partial charge in [-0.1, -0.05) is 0 Å². The summed E-state index contributed by atoms with van der Waals surface area (Å²) in [5.41, 5.74) is -0.757. The first-order valence-electron chi connectivity index (χ1n) is 4.74. The fraction of sp³-hybridized carbons (Fsp3) is 0.889. The summed E-state index contributed by atoms with van der Waals surface area (Å²) < 4.78 is 40.4. The van der Waals surface area contributed by atoms with Crippen LogP contribution in [0, 0.1) is 5.92 Å². The number of fused-ring (bicyclic) bond motifs is 1. The Kier molecular flexibility index (Phi) is 2.01. The zero-order valence-electron chi connectivity index (χ0n) is 7.56. The molecule has 0 bridgehead atoms. The van der Waals surface area contributed by atoms with E-state index in [0.29, 0.717) is 12.8 Å². The van der Waals surface area contributed by atoms with Gasteiger partial charge in [0, 0.05) is 0 Å². The van der Waals surface area contributed by atoms with Gasteiger partial charge in [-0.2, -0.15) is 13.2 Å². The third-order valence-corrected chi connectivity index (χ3v) is 3.34. The summed E-state index contributed by atoms with van der Waals surface area (Å²) in [6, 6.07) is 0. The van der Waals surface area contributed by atoms with E-state index in [1.54, 1.807) is 0 Å². The van der Waals surface area contributed by atoms with Gasteiger partial charge in [0.15, 0.2) is 0 Å². The number of carbonyl (C=O) groups excluding carboxylic acids is 1. The van der Waals surface area contributed by atoms with Gasteiger partial charge in [-0.3, -0.25) is 0 Å². The molecule has 0 N–H and O–H groups in total. The molecule has 2 atom stereocenters. The molecule has 0 saturated heterocycles. The van der Waals surface area contributed by atoms with Crippen molar-refractivity contribution < 1.29 is 22.7 Å². The number of alkyl halides is 3. The highest BCUT2D eigenvalue weighted by atomic mass is 19.4. The maximum absolute atomic E-state index is 11.9. The third-order valence-electron chi connectivity index (χ3n) is 3.34. The van der Waals surface area contributed by atoms with Crippen molar-refractivity contribution in [2.75, 3.05) is 0 Å². The minimum Gasteiger partial charge on any atom is -0.452 e. The van der Waals surface area contributed by atoms with Crippen molar-refractivity contribution >= 4 is 5.97 Å². The van der Waals surface area contributed by atoms with Crippen LogP contribution in [0.3, 0.4) is 0 Å². The highest BCUT2D eigenvalue weighted by molar-refractivity contribution is 5.76. The fourth-order valence-electron chi connectivity index (χ4n) is 2.48. The van der Waals surface area contributed by atoms with Gasteiger partial charge in [0.1, 0.15) is 5.60 Å². The Morgan fingerprint density at radius 2 is 2.00 bits per heavy atom. The summed E-state index contributed by atoms with van der Waals surface area (Å²) in [4.78, 5) is 10.7. The van der Waals surface area contributed by atoms with Gasteiger partial charge in [-0.15, -0.1) is 0 Å². The lowest BCUT2D eigenvalue weighted by Gasteiger charge is -2.44. The van der Waals surface area contributed by atoms with Crippen LogP contribution in [0.4, 0.5) is 13.2 Å². The highest BCUT2D eigenvalue weighted by Crippen LogP contribution is 2.53. The molecular formula is C9H11F3O2. The van der Waals surface area contributed by atoms with E-state index in [1.165, 1.54) is 0 Å². The smallest absolute Gasteiger partial charge is 0.452 e. The van der Waals surface area contributed by atoms with Gasteiger partial charge in [0.2, 0.25) is 0 Å². The second-order valence-electron chi connectivity index (χ2n) is 4.08. The number of esters is 1. The first kappa shape index (κ1) is 9.80. The first-order chi connectivity index (χ1) is 6.44. The molecule has 0 aromatic rings. The minimum atomic E-state index is -4.85. The lowest BCUT2D eigenvalue weighted by Crippen LogP contribution is -2.49. The van der Waals surface area contributed by atoms with E-state index < -0.39 is 17.7 Å². The summed E-state index contributed by atoms with van der Waals surface area (Å²) in [6.07, 6.45) is -0.997. The molecule has 0 heterocycles. The van der Waals surface area contributed by atoms with Gasteiger partial charge in [-0.25, -0.2) is 4.79 Å². The molecule has 2 unspecified atom stereocenters. The largest absolute Gasteiger partial charge is 0.490 e. The molecule has 0 aromatic carbocycles. The monoisotopic (exact) mass is 208 g/mol. The van der Waals surface area contributed by atoms with Crippen LogP contribution in [0.1, 0.15) is 32.1 Å². The number of halogens is 3. The fourth-order valence-corrected chi connectivity index (χ4v) is 2.48. The first-order valence-corrected chi connectivity index (χ1v) is 4.74. The number of carbonyl (C=O) groups is 1. The average molecular weight is 208 g/mol. The van der Waals surface area contributed by atoms with Gasteiger partial charge >= 0.3 is 12.1 Å². The minimum absolute atomic E-state index is 0.175. The van der Waals surface area contributed by atoms with Crippen LogP contribution in [-0.2, 0) is 9.53 Å². The van der Waals surface area contributed by atoms with Crippen molar-refractivity contribution in [1.82, 2.24) is 0 Å². The third kappa shape index (κ3) is 1.38. The Morgan fingerprint density at radius 3 is 2.43 bits per heavy atom. The summed E-state index contributed by atoms with van der Waals surface area (Å²) >= 11 is 0. The van der Waals surface area contributed by atoms with Crippen LogP contribution < -0.4 is 0 Å². The quantitative estimate of drug-likeness (QED) is 0.618. The molecular weight excluding hydrogens is 197 g/mol. The molecule has 5 heteroatoms. The predicted molar refractivity (Wildman–Crippen MR) is 41.5 cm³/mol. The van der Waals surface area contributed by atoms with Crippen molar-refractivity contribution in [3.05, 3.63) is 0 Å². The van der Waals surface area contributed by atoms with Gasteiger partial charge in [-0.05, 0) is 38.0 Å². The molecule has 2 rings (SSSR count). The molecule has 2 aliphatic carbocycles. The second kappa shape index (κ2) is 2.87. The lowest BCUT2D eigenvalue weighted by molar-refractivity contribution is -0.226. The van der Waals surface area contributed by atoms with Crippen LogP contribution >= 0.6 is 0 Å². The lowest BCUT2D eigenvalue weighted by atomic mass is 9.72. The standard InChI is InChI=1S/C9H11F3O2/c10-9(11,12)7(13)14-8-4-1-2-6(8)3-5-8/h6H,1-5H2. The van der Waals surface area contributed by atoms with E-state index >= 15 is 0 Å². The van der Waals surface area contributed by atoms with Crippen molar-refractivity contribution in [1.29, 1.82) is 0 Å². The van der Waals surface area contributed by atoms with Crippen LogP contribution in [0.15, 0.2) is 0 Å². The summed E-state index contributed by atoms with van der Waals surface area (Å²) in [5, 5.41) is 0. The van der Waals surface area contributed by atoms with Crippen LogP contribution in [0.25, 0.3) is 0 Å². The topological polar surface area (TPSA) is 26.3 Å². The molecule has 80 valence electrons. The Hall–Kier alpha value is -0.740. The summed E-state index contributed by atoms with van der Waals surface area (Å²) in [7, 11) is 0. The number of rotatable bonds is 1. The Labute approximate surface area is 79.4 Å². The van der Waals surface area contributed by atoms with E-state index in [4.69, 9.17) is 0 Å². The van der Waals surface area contributed by atoms with Gasteiger partial charge < -0.3 is 4.74 Å². The Balaban J connectivity index is 2.01. The zero-order chi connectivity index (χ0) is 10.4. The molecule has 0 spiro atoms. The molecule has 0 radical (unpaired) electrons. The molecule has 14 heavy (non-hydrogen) atoms. The predicted octanol–water partition coefficient (Wildman–Crippen LogP) is 2.42. The van der Waals surface area contributed by atoms with Crippen LogP contribution in [0.2, 0.25) is 0 Å². The van der Waals surface area contributed by atoms with Crippen molar-refractivity contribution in [2.45, 2.75) is 43.9 Å². The second-order valence-corrected chi connectivity index (χ2v) is 4.08. The number of ether oxygens (including phenoxy) is 1. The number of hydrogen-bond donors (Lipinski definition) is 0. The van der Waals surface area contributed by atoms with E-state index in [2.05, 4.69) is 4.74 Å². The van der Waals surface area contributed by atoms with E-state index in [9.17, 15) is 18.0 Å². The normalized spacial score (nSPS) is 36.1. The van der Waals surface area contributed by atoms with Gasteiger partial charge in [0.05, 0.1) is 0 Å². The van der Waals surface area contributed by atoms with E-state index in [-0.39, 0.29) is 5.92 Å². The number of hydrogen-bond acceptors (Lipinski definition) is 2. The van der Waals surface area contributed by atoms with Gasteiger partial charge in [0.25, 0.3) is 0 Å². The molecule has 0 aromatic heterocycles. The SMILES string of the molecule is O=C(OC12CCCC1CC2)C(F)(F)F. The summed E-state index contributed by atoms with van der Waals surface area (Å²) in [6.45, 7) is 0. The zero-order valence-corrected chi connectivity index (χ0v) is 7.56. The molecule has 2 aliphatic rings. The van der Waals surface area contributed by atoms with E-state index in [0.717, 1.165) is 19.3 Å². The Bertz CT molecular complexity index is 261. The van der Waals surface area contributed by atoms with Crippen molar-refractivity contribution in [3.63, 3.8) is 0 Å². The molecule has 2 saturated carbocycles. The highest BCUT2D eigenvalue weighted by Gasteiger charge is 2.56. The average Bonchev–Trinajstić information content (AvgIpc) is 2.29. The molecule has 2 fully saturated rings. The summed E-state index contributed by atoms with van der Waals surface area (Å²) in [5.74, 6) is -1.85. The molecule has 2 nitrogen and oxygen atoms in total. The molecule has 0 amide bonds. The van der Waals surface area contributed by atoms with Crippen molar-refractivity contribution in [3.8, 4) is 0 Å². The maximum Gasteiger partial charge on any atom is 0.490 e. The van der Waals surface area contributed by atoms with Crippen LogP contribution in [0.5, 0.6) is 0 Å². The van der Waals surface area contributed by atoms with Crippen molar-refractivity contribution in [2.24, 2.45) is 5.92 Å². The Morgan fingerprint density at radius 1 is 1.29 bits per heavy atom. The van der Waals surface area contributed by atoms with E-state index in [1.807, 2.05) is 0 Å². The maximum atomic E-state index is 11.9. The molecule has 0 aliphatic heterocycles.